The van der Waals surface area contributed by atoms with Gasteiger partial charge in [-0.2, -0.15) is 33.2 Å². The van der Waals surface area contributed by atoms with E-state index in [1.807, 2.05) is 6.92 Å². The SMILES string of the molecule is Cc1cc(Nc2nc(/C=C/c3cccc(C(F)(F)F)c3)nc(NCC(O)CN3CCOCC3)n2)n[nH]1. The quantitative estimate of drug-likeness (QED) is 0.348. The lowest BCUT2D eigenvalue weighted by atomic mass is 10.1. The Labute approximate surface area is 205 Å². The number of aromatic amines is 1. The van der Waals surface area contributed by atoms with Gasteiger partial charge >= 0.3 is 6.18 Å². The van der Waals surface area contributed by atoms with Crippen LogP contribution in [0.4, 0.5) is 30.9 Å². The number of hydrogen-bond donors (Lipinski definition) is 4. The number of benzene rings is 1. The van der Waals surface area contributed by atoms with Crippen LogP contribution < -0.4 is 10.6 Å². The van der Waals surface area contributed by atoms with Gasteiger partial charge in [0, 0.05) is 37.9 Å². The molecule has 36 heavy (non-hydrogen) atoms. The van der Waals surface area contributed by atoms with Crippen molar-refractivity contribution in [2.45, 2.75) is 19.2 Å². The molecule has 0 aliphatic carbocycles. The highest BCUT2D eigenvalue weighted by Gasteiger charge is 2.30. The van der Waals surface area contributed by atoms with Crippen LogP contribution in [0.1, 0.15) is 22.6 Å². The van der Waals surface area contributed by atoms with E-state index in [1.165, 1.54) is 18.2 Å². The molecule has 1 fully saturated rings. The number of anilines is 3. The molecule has 1 aliphatic heterocycles. The summed E-state index contributed by atoms with van der Waals surface area (Å²) in [6, 6.07) is 6.72. The Hall–Kier alpha value is -3.55. The first-order chi connectivity index (χ1) is 17.2. The number of aliphatic hydroxyl groups excluding tert-OH is 1. The molecule has 10 nitrogen and oxygen atoms in total. The fourth-order valence-electron chi connectivity index (χ4n) is 3.54. The van der Waals surface area contributed by atoms with Gasteiger partial charge in [0.05, 0.1) is 24.9 Å². The van der Waals surface area contributed by atoms with E-state index in [4.69, 9.17) is 4.74 Å². The number of halogens is 3. The highest BCUT2D eigenvalue weighted by atomic mass is 19.4. The van der Waals surface area contributed by atoms with Gasteiger partial charge in [-0.15, -0.1) is 0 Å². The zero-order valence-electron chi connectivity index (χ0n) is 19.6. The summed E-state index contributed by atoms with van der Waals surface area (Å²) in [4.78, 5) is 15.1. The number of nitrogens with one attached hydrogen (secondary N) is 3. The number of rotatable bonds is 9. The molecule has 1 aromatic carbocycles. The third-order valence-corrected chi connectivity index (χ3v) is 5.31. The molecule has 192 valence electrons. The average molecular weight is 505 g/mol. The van der Waals surface area contributed by atoms with Gasteiger partial charge in [-0.3, -0.25) is 10.00 Å². The third kappa shape index (κ3) is 7.47. The number of aryl methyl sites for hydroxylation is 1. The predicted molar refractivity (Wildman–Crippen MR) is 129 cm³/mol. The highest BCUT2D eigenvalue weighted by Crippen LogP contribution is 2.29. The normalized spacial score (nSPS) is 15.8. The minimum Gasteiger partial charge on any atom is -0.390 e. The number of H-pyrrole nitrogens is 1. The van der Waals surface area contributed by atoms with Gasteiger partial charge in [0.2, 0.25) is 11.9 Å². The van der Waals surface area contributed by atoms with Crippen molar-refractivity contribution in [3.8, 4) is 0 Å². The molecular formula is C23H27F3N8O2. The van der Waals surface area contributed by atoms with Crippen LogP contribution in [0.5, 0.6) is 0 Å². The summed E-state index contributed by atoms with van der Waals surface area (Å²) < 4.78 is 44.4. The van der Waals surface area contributed by atoms with Crippen molar-refractivity contribution < 1.29 is 23.0 Å². The number of β-amino-alcohol motifs (C(OH)–C–C–N with tert-alkyl or cyclic N) is 1. The number of morpholine rings is 1. The van der Waals surface area contributed by atoms with Gasteiger partial charge < -0.3 is 20.5 Å². The van der Waals surface area contributed by atoms with E-state index in [-0.39, 0.29) is 24.3 Å². The molecule has 0 amide bonds. The molecular weight excluding hydrogens is 477 g/mol. The van der Waals surface area contributed by atoms with Crippen molar-refractivity contribution in [3.63, 3.8) is 0 Å². The smallest absolute Gasteiger partial charge is 0.390 e. The van der Waals surface area contributed by atoms with Crippen molar-refractivity contribution in [3.05, 3.63) is 53.0 Å². The summed E-state index contributed by atoms with van der Waals surface area (Å²) in [5.74, 6) is 1.09. The summed E-state index contributed by atoms with van der Waals surface area (Å²) in [5.41, 5.74) is 0.437. The van der Waals surface area contributed by atoms with Crippen molar-refractivity contribution in [2.75, 3.05) is 50.0 Å². The van der Waals surface area contributed by atoms with Gasteiger partial charge in [-0.25, -0.2) is 0 Å². The number of aromatic nitrogens is 5. The van der Waals surface area contributed by atoms with Gasteiger partial charge in [0.15, 0.2) is 11.6 Å². The molecule has 1 unspecified atom stereocenters. The van der Waals surface area contributed by atoms with Crippen molar-refractivity contribution in [1.29, 1.82) is 0 Å². The Morgan fingerprint density at radius 2 is 1.92 bits per heavy atom. The fraction of sp³-hybridized carbons (Fsp3) is 0.391. The monoisotopic (exact) mass is 504 g/mol. The molecule has 0 saturated carbocycles. The minimum atomic E-state index is -4.44. The first kappa shape index (κ1) is 25.5. The third-order valence-electron chi connectivity index (χ3n) is 5.31. The van der Waals surface area contributed by atoms with Crippen LogP contribution in [-0.2, 0) is 10.9 Å². The predicted octanol–water partition coefficient (Wildman–Crippen LogP) is 2.94. The Bertz CT molecular complexity index is 1180. The Balaban J connectivity index is 1.50. The van der Waals surface area contributed by atoms with Crippen LogP contribution in [0.25, 0.3) is 12.2 Å². The minimum absolute atomic E-state index is 0.186. The maximum Gasteiger partial charge on any atom is 0.416 e. The number of ether oxygens (including phenoxy) is 1. The first-order valence-electron chi connectivity index (χ1n) is 11.4. The molecule has 0 bridgehead atoms. The van der Waals surface area contributed by atoms with E-state index in [0.29, 0.717) is 31.1 Å². The summed E-state index contributed by atoms with van der Waals surface area (Å²) in [5, 5.41) is 23.3. The molecule has 13 heteroatoms. The molecule has 4 rings (SSSR count). The maximum absolute atomic E-state index is 13.0. The molecule has 3 heterocycles. The number of nitrogens with zero attached hydrogens (tertiary/aromatic N) is 5. The first-order valence-corrected chi connectivity index (χ1v) is 11.4. The van der Waals surface area contributed by atoms with Gasteiger partial charge in [0.25, 0.3) is 0 Å². The van der Waals surface area contributed by atoms with E-state index in [9.17, 15) is 18.3 Å². The molecule has 1 saturated heterocycles. The van der Waals surface area contributed by atoms with Crippen LogP contribution >= 0.6 is 0 Å². The van der Waals surface area contributed by atoms with Crippen molar-refractivity contribution in [1.82, 2.24) is 30.0 Å². The van der Waals surface area contributed by atoms with Crippen LogP contribution in [0, 0.1) is 6.92 Å². The summed E-state index contributed by atoms with van der Waals surface area (Å²) in [7, 11) is 0. The second-order valence-electron chi connectivity index (χ2n) is 8.31. The van der Waals surface area contributed by atoms with E-state index in [1.54, 1.807) is 12.1 Å². The molecule has 2 aromatic heterocycles. The van der Waals surface area contributed by atoms with Crippen LogP contribution in [0.2, 0.25) is 0 Å². The molecule has 0 spiro atoms. The molecule has 3 aromatic rings. The van der Waals surface area contributed by atoms with Crippen LogP contribution in [-0.4, -0.2) is 80.7 Å². The standard InChI is InChI=1S/C23H27F3N8O2/c1-15-11-20(33-32-15)30-22-29-19(6-5-16-3-2-4-17(12-16)23(24,25)26)28-21(31-22)27-13-18(35)14-34-7-9-36-10-8-34/h2-6,11-12,18,35H,7-10,13-14H2,1H3,(H3,27,28,29,30,31,32,33)/b6-5+. The van der Waals surface area contributed by atoms with Crippen molar-refractivity contribution in [2.24, 2.45) is 0 Å². The summed E-state index contributed by atoms with van der Waals surface area (Å²) in [6.45, 7) is 5.29. The largest absolute Gasteiger partial charge is 0.416 e. The van der Waals surface area contributed by atoms with Gasteiger partial charge in [-0.05, 0) is 30.7 Å². The highest BCUT2D eigenvalue weighted by molar-refractivity contribution is 5.68. The number of hydrogen-bond acceptors (Lipinski definition) is 9. The van der Waals surface area contributed by atoms with E-state index >= 15 is 0 Å². The summed E-state index contributed by atoms with van der Waals surface area (Å²) >= 11 is 0. The lowest BCUT2D eigenvalue weighted by molar-refractivity contribution is -0.137. The average Bonchev–Trinajstić information content (AvgIpc) is 3.26. The molecule has 0 radical (unpaired) electrons. The Morgan fingerprint density at radius 1 is 1.14 bits per heavy atom. The van der Waals surface area contributed by atoms with Gasteiger partial charge in [0.1, 0.15) is 0 Å². The van der Waals surface area contributed by atoms with E-state index in [2.05, 4.69) is 40.7 Å². The van der Waals surface area contributed by atoms with Crippen molar-refractivity contribution >= 4 is 29.9 Å². The van der Waals surface area contributed by atoms with Crippen LogP contribution in [0.3, 0.4) is 0 Å². The topological polar surface area (TPSA) is 124 Å². The lowest BCUT2D eigenvalue weighted by Crippen LogP contribution is -2.42. The molecule has 4 N–H and O–H groups in total. The Morgan fingerprint density at radius 3 is 2.64 bits per heavy atom. The molecule has 1 aliphatic rings. The van der Waals surface area contributed by atoms with Gasteiger partial charge in [-0.1, -0.05) is 18.2 Å². The molecule has 1 atom stereocenters. The summed E-state index contributed by atoms with van der Waals surface area (Å²) in [6.07, 6.45) is -2.12. The fourth-order valence-corrected chi connectivity index (χ4v) is 3.54. The zero-order chi connectivity index (χ0) is 25.5. The second-order valence-corrected chi connectivity index (χ2v) is 8.31. The number of alkyl halides is 3. The van der Waals surface area contributed by atoms with E-state index in [0.717, 1.165) is 30.9 Å². The van der Waals surface area contributed by atoms with Crippen LogP contribution in [0.15, 0.2) is 30.3 Å². The second kappa shape index (κ2) is 11.5. The zero-order valence-corrected chi connectivity index (χ0v) is 19.6. The Kier molecular flexibility index (Phi) is 8.13. The van der Waals surface area contributed by atoms with E-state index < -0.39 is 17.8 Å². The maximum atomic E-state index is 13.0. The lowest BCUT2D eigenvalue weighted by Gasteiger charge is -2.28. The number of aliphatic hydroxyl groups is 1.